The van der Waals surface area contributed by atoms with Gasteiger partial charge in [0.25, 0.3) is 11.1 Å². The van der Waals surface area contributed by atoms with E-state index in [2.05, 4.69) is 15.9 Å². The second-order valence-corrected chi connectivity index (χ2v) is 9.21. The molecule has 0 bridgehead atoms. The lowest BCUT2D eigenvalue weighted by molar-refractivity contribution is -0.113. The number of fused-ring (bicyclic) bond motifs is 1. The van der Waals surface area contributed by atoms with E-state index in [9.17, 15) is 9.59 Å². The number of rotatable bonds is 6. The Labute approximate surface area is 208 Å². The summed E-state index contributed by atoms with van der Waals surface area (Å²) in [5, 5.41) is -0.336. The van der Waals surface area contributed by atoms with Gasteiger partial charge < -0.3 is 18.9 Å². The molecule has 0 aliphatic carbocycles. The number of hydrogen-bond acceptors (Lipinski definition) is 7. The van der Waals surface area contributed by atoms with E-state index in [1.54, 1.807) is 43.5 Å². The van der Waals surface area contributed by atoms with Crippen LogP contribution >= 0.6 is 27.7 Å². The molecular formula is C25H18BrNO6S. The summed E-state index contributed by atoms with van der Waals surface area (Å²) in [5.74, 6) is 2.05. The molecule has 2 heterocycles. The summed E-state index contributed by atoms with van der Waals surface area (Å²) < 4.78 is 23.0. The monoisotopic (exact) mass is 539 g/mol. The zero-order valence-corrected chi connectivity index (χ0v) is 20.4. The van der Waals surface area contributed by atoms with E-state index >= 15 is 0 Å². The Morgan fingerprint density at radius 3 is 2.65 bits per heavy atom. The van der Waals surface area contributed by atoms with Crippen LogP contribution in [0.4, 0.5) is 10.5 Å². The van der Waals surface area contributed by atoms with Gasteiger partial charge in [0.15, 0.2) is 23.0 Å². The van der Waals surface area contributed by atoms with E-state index in [0.717, 1.165) is 17.3 Å². The van der Waals surface area contributed by atoms with Crippen LogP contribution in [0, 0.1) is 0 Å². The van der Waals surface area contributed by atoms with Gasteiger partial charge in [0, 0.05) is 0 Å². The molecule has 7 nitrogen and oxygen atoms in total. The highest BCUT2D eigenvalue weighted by molar-refractivity contribution is 9.10. The summed E-state index contributed by atoms with van der Waals surface area (Å²) in [6.45, 7) is 0.506. The number of nitrogens with zero attached hydrogens (tertiary/aromatic N) is 1. The number of carbonyl (C=O) groups excluding carboxylic acids is 2. The van der Waals surface area contributed by atoms with Crippen molar-refractivity contribution in [3.8, 4) is 23.0 Å². The molecule has 1 saturated heterocycles. The number of hydrogen-bond donors (Lipinski definition) is 0. The molecule has 0 N–H and O–H groups in total. The van der Waals surface area contributed by atoms with Gasteiger partial charge in [-0.1, -0.05) is 24.3 Å². The minimum Gasteiger partial charge on any atom is -0.493 e. The predicted octanol–water partition coefficient (Wildman–Crippen LogP) is 6.01. The number of amides is 2. The normalized spacial score (nSPS) is 15.8. The van der Waals surface area contributed by atoms with Crippen molar-refractivity contribution in [2.45, 2.75) is 6.61 Å². The molecule has 0 spiro atoms. The smallest absolute Gasteiger partial charge is 0.298 e. The van der Waals surface area contributed by atoms with Crippen LogP contribution in [0.15, 0.2) is 70.0 Å². The average molecular weight is 540 g/mol. The first-order valence-corrected chi connectivity index (χ1v) is 11.9. The number of thioether (sulfide) groups is 1. The molecule has 9 heteroatoms. The fourth-order valence-corrected chi connectivity index (χ4v) is 4.98. The number of benzene rings is 3. The van der Waals surface area contributed by atoms with Gasteiger partial charge in [-0.05, 0) is 81.3 Å². The molecule has 1 fully saturated rings. The molecule has 3 aromatic rings. The van der Waals surface area contributed by atoms with Gasteiger partial charge >= 0.3 is 0 Å². The van der Waals surface area contributed by atoms with Crippen molar-refractivity contribution in [1.82, 2.24) is 0 Å². The molecule has 5 rings (SSSR count). The topological polar surface area (TPSA) is 74.3 Å². The van der Waals surface area contributed by atoms with E-state index in [0.29, 0.717) is 50.2 Å². The molecule has 172 valence electrons. The molecule has 2 aliphatic rings. The number of carbonyl (C=O) groups is 2. The summed E-state index contributed by atoms with van der Waals surface area (Å²) >= 11 is 4.44. The van der Waals surface area contributed by atoms with Crippen molar-refractivity contribution >= 4 is 50.6 Å². The number of para-hydroxylation sites is 1. The molecule has 0 aromatic heterocycles. The lowest BCUT2D eigenvalue weighted by Gasteiger charge is -2.14. The van der Waals surface area contributed by atoms with E-state index in [4.69, 9.17) is 18.9 Å². The Bertz CT molecular complexity index is 1310. The number of methoxy groups -OCH3 is 1. The van der Waals surface area contributed by atoms with E-state index in [1.165, 1.54) is 4.90 Å². The minimum atomic E-state index is -0.362. The third kappa shape index (κ3) is 4.36. The van der Waals surface area contributed by atoms with Gasteiger partial charge in [-0.2, -0.15) is 0 Å². The fourth-order valence-electron chi connectivity index (χ4n) is 3.57. The highest BCUT2D eigenvalue weighted by Gasteiger charge is 2.36. The molecule has 0 unspecified atom stereocenters. The lowest BCUT2D eigenvalue weighted by Crippen LogP contribution is -2.27. The summed E-state index contributed by atoms with van der Waals surface area (Å²) in [7, 11) is 1.54. The van der Waals surface area contributed by atoms with Crippen LogP contribution in [-0.2, 0) is 11.4 Å². The SMILES string of the molecule is COc1cc(/C=C2\SC(=O)N(c3ccccc3)C2=O)cc(Br)c1OCc1ccc2c(c1)OCO2. The van der Waals surface area contributed by atoms with E-state index < -0.39 is 0 Å². The number of imide groups is 1. The number of anilines is 1. The van der Waals surface area contributed by atoms with Gasteiger partial charge in [-0.15, -0.1) is 0 Å². The minimum absolute atomic E-state index is 0.214. The highest BCUT2D eigenvalue weighted by Crippen LogP contribution is 2.41. The van der Waals surface area contributed by atoms with Gasteiger partial charge in [-0.3, -0.25) is 9.59 Å². The lowest BCUT2D eigenvalue weighted by atomic mass is 10.1. The van der Waals surface area contributed by atoms with Crippen LogP contribution < -0.4 is 23.8 Å². The van der Waals surface area contributed by atoms with Gasteiger partial charge in [0.1, 0.15) is 6.61 Å². The van der Waals surface area contributed by atoms with Gasteiger partial charge in [0.2, 0.25) is 6.79 Å². The fraction of sp³-hybridized carbons (Fsp3) is 0.120. The molecule has 34 heavy (non-hydrogen) atoms. The van der Waals surface area contributed by atoms with Crippen LogP contribution in [0.2, 0.25) is 0 Å². The number of ether oxygens (including phenoxy) is 4. The summed E-state index contributed by atoms with van der Waals surface area (Å²) in [6, 6.07) is 18.1. The molecule has 0 saturated carbocycles. The van der Waals surface area contributed by atoms with Crippen molar-refractivity contribution in [2.24, 2.45) is 0 Å². The second-order valence-electron chi connectivity index (χ2n) is 7.36. The first-order chi connectivity index (χ1) is 16.5. The predicted molar refractivity (Wildman–Crippen MR) is 132 cm³/mol. The van der Waals surface area contributed by atoms with Crippen LogP contribution in [0.1, 0.15) is 11.1 Å². The molecule has 0 radical (unpaired) electrons. The first kappa shape index (κ1) is 22.4. The average Bonchev–Trinajstić information content (AvgIpc) is 3.41. The number of halogens is 1. The van der Waals surface area contributed by atoms with Crippen molar-refractivity contribution < 1.29 is 28.5 Å². The van der Waals surface area contributed by atoms with Gasteiger partial charge in [0.05, 0.1) is 22.2 Å². The van der Waals surface area contributed by atoms with Crippen LogP contribution in [0.3, 0.4) is 0 Å². The standard InChI is InChI=1S/C25H18BrNO6S/c1-30-21-11-16(12-22-24(28)27(25(29)34-22)17-5-3-2-4-6-17)9-18(26)23(21)31-13-15-7-8-19-20(10-15)33-14-32-19/h2-12H,13-14H2,1H3/b22-12-. The summed E-state index contributed by atoms with van der Waals surface area (Å²) in [6.07, 6.45) is 1.67. The zero-order valence-electron chi connectivity index (χ0n) is 17.9. The third-order valence-electron chi connectivity index (χ3n) is 5.18. The van der Waals surface area contributed by atoms with Gasteiger partial charge in [-0.25, -0.2) is 4.90 Å². The maximum atomic E-state index is 12.9. The second kappa shape index (κ2) is 9.44. The Balaban J connectivity index is 1.37. The maximum absolute atomic E-state index is 12.9. The molecule has 2 amide bonds. The summed E-state index contributed by atoms with van der Waals surface area (Å²) in [5.41, 5.74) is 2.15. The summed E-state index contributed by atoms with van der Waals surface area (Å²) in [4.78, 5) is 26.9. The van der Waals surface area contributed by atoms with Crippen LogP contribution in [0.25, 0.3) is 6.08 Å². The Hall–Kier alpha value is -3.43. The third-order valence-corrected chi connectivity index (χ3v) is 6.64. The Kier molecular flexibility index (Phi) is 6.21. The van der Waals surface area contributed by atoms with Crippen molar-refractivity contribution in [3.63, 3.8) is 0 Å². The first-order valence-electron chi connectivity index (χ1n) is 10.3. The van der Waals surface area contributed by atoms with E-state index in [1.807, 2.05) is 30.3 Å². The van der Waals surface area contributed by atoms with Crippen molar-refractivity contribution in [1.29, 1.82) is 0 Å². The Morgan fingerprint density at radius 1 is 1.06 bits per heavy atom. The Morgan fingerprint density at radius 2 is 1.85 bits per heavy atom. The molecule has 2 aliphatic heterocycles. The molecule has 3 aromatic carbocycles. The highest BCUT2D eigenvalue weighted by atomic mass is 79.9. The quantitative estimate of drug-likeness (QED) is 0.355. The molecular weight excluding hydrogens is 522 g/mol. The maximum Gasteiger partial charge on any atom is 0.298 e. The van der Waals surface area contributed by atoms with Crippen molar-refractivity contribution in [3.05, 3.63) is 81.2 Å². The van der Waals surface area contributed by atoms with Crippen molar-refractivity contribution in [2.75, 3.05) is 18.8 Å². The molecule has 0 atom stereocenters. The van der Waals surface area contributed by atoms with Crippen LogP contribution in [-0.4, -0.2) is 25.0 Å². The van der Waals surface area contributed by atoms with E-state index in [-0.39, 0.29) is 17.9 Å². The largest absolute Gasteiger partial charge is 0.493 e. The zero-order chi connectivity index (χ0) is 23.7. The van der Waals surface area contributed by atoms with Crippen LogP contribution in [0.5, 0.6) is 23.0 Å².